The Kier molecular flexibility index (Phi) is 4.62. The Balaban J connectivity index is 1.62. The zero-order valence-electron chi connectivity index (χ0n) is 14.3. The molecule has 130 valence electrons. The van der Waals surface area contributed by atoms with E-state index in [0.29, 0.717) is 18.7 Å². The normalized spacial score (nSPS) is 11.3. The average Bonchev–Trinajstić information content (AvgIpc) is 3.16. The van der Waals surface area contributed by atoms with Crippen LogP contribution in [0, 0.1) is 0 Å². The molecule has 1 aromatic carbocycles. The molecule has 3 aromatic heterocycles. The molecule has 0 aliphatic rings. The molecule has 0 aliphatic heterocycles. The van der Waals surface area contributed by atoms with Gasteiger partial charge in [-0.1, -0.05) is 36.4 Å². The second-order valence-corrected chi connectivity index (χ2v) is 6.22. The minimum atomic E-state index is -0.0664. The summed E-state index contributed by atoms with van der Waals surface area (Å²) in [5.74, 6) is 0.887. The summed E-state index contributed by atoms with van der Waals surface area (Å²) in [5.41, 5.74) is 2.55. The Morgan fingerprint density at radius 1 is 0.923 bits per heavy atom. The van der Waals surface area contributed by atoms with Gasteiger partial charge < -0.3 is 4.42 Å². The van der Waals surface area contributed by atoms with Crippen LogP contribution in [-0.4, -0.2) is 14.3 Å². The van der Waals surface area contributed by atoms with E-state index in [-0.39, 0.29) is 5.56 Å². The number of nitrogens with zero attached hydrogens (tertiary/aromatic N) is 3. The van der Waals surface area contributed by atoms with Crippen LogP contribution < -0.4 is 5.56 Å². The van der Waals surface area contributed by atoms with Crippen LogP contribution in [-0.2, 0) is 19.6 Å². The van der Waals surface area contributed by atoms with Gasteiger partial charge in [-0.2, -0.15) is 0 Å². The van der Waals surface area contributed by atoms with Crippen molar-refractivity contribution in [2.24, 2.45) is 0 Å². The van der Waals surface area contributed by atoms with Crippen molar-refractivity contribution in [1.29, 1.82) is 0 Å². The van der Waals surface area contributed by atoms with Crippen molar-refractivity contribution in [2.45, 2.75) is 19.6 Å². The van der Waals surface area contributed by atoms with E-state index in [1.807, 2.05) is 48.5 Å². The highest BCUT2D eigenvalue weighted by molar-refractivity contribution is 5.38. The minimum Gasteiger partial charge on any atom is -0.468 e. The lowest BCUT2D eigenvalue weighted by molar-refractivity contribution is 0.224. The van der Waals surface area contributed by atoms with Crippen LogP contribution in [0.15, 0.2) is 88.4 Å². The fourth-order valence-corrected chi connectivity index (χ4v) is 3.05. The van der Waals surface area contributed by atoms with Gasteiger partial charge in [0.25, 0.3) is 5.56 Å². The van der Waals surface area contributed by atoms with E-state index >= 15 is 0 Å². The Bertz CT molecular complexity index is 1040. The SMILES string of the molecule is O=c1cc(CN(Cc2ccccc2)Cc2ccco2)nc2ccccn12. The number of pyridine rings is 1. The van der Waals surface area contributed by atoms with Crippen LogP contribution in [0.3, 0.4) is 0 Å². The molecule has 5 nitrogen and oxygen atoms in total. The molecular formula is C21H19N3O2. The monoisotopic (exact) mass is 345 g/mol. The molecule has 0 amide bonds. The number of rotatable bonds is 6. The number of hydrogen-bond acceptors (Lipinski definition) is 4. The van der Waals surface area contributed by atoms with Gasteiger partial charge in [0.05, 0.1) is 18.5 Å². The molecule has 0 N–H and O–H groups in total. The van der Waals surface area contributed by atoms with Crippen molar-refractivity contribution in [3.8, 4) is 0 Å². The second kappa shape index (κ2) is 7.37. The quantitative estimate of drug-likeness (QED) is 0.537. The predicted octanol–water partition coefficient (Wildman–Crippen LogP) is 3.49. The molecular weight excluding hydrogens is 326 g/mol. The molecule has 0 bridgehead atoms. The molecule has 0 saturated carbocycles. The lowest BCUT2D eigenvalue weighted by Crippen LogP contribution is -2.25. The third kappa shape index (κ3) is 3.73. The highest BCUT2D eigenvalue weighted by Crippen LogP contribution is 2.13. The van der Waals surface area contributed by atoms with Crippen LogP contribution >= 0.6 is 0 Å². The number of aromatic nitrogens is 2. The topological polar surface area (TPSA) is 50.8 Å². The smallest absolute Gasteiger partial charge is 0.258 e. The molecule has 0 saturated heterocycles. The van der Waals surface area contributed by atoms with E-state index in [1.165, 1.54) is 5.56 Å². The Morgan fingerprint density at radius 3 is 2.58 bits per heavy atom. The highest BCUT2D eigenvalue weighted by Gasteiger charge is 2.12. The van der Waals surface area contributed by atoms with Gasteiger partial charge in [0.2, 0.25) is 0 Å². The van der Waals surface area contributed by atoms with Gasteiger partial charge in [-0.3, -0.25) is 14.1 Å². The molecule has 0 aliphatic carbocycles. The molecule has 0 atom stereocenters. The maximum atomic E-state index is 12.3. The van der Waals surface area contributed by atoms with Crippen LogP contribution in [0.2, 0.25) is 0 Å². The van der Waals surface area contributed by atoms with Gasteiger partial charge in [0, 0.05) is 25.4 Å². The van der Waals surface area contributed by atoms with Crippen molar-refractivity contribution in [3.63, 3.8) is 0 Å². The summed E-state index contributed by atoms with van der Waals surface area (Å²) < 4.78 is 7.06. The first-order valence-corrected chi connectivity index (χ1v) is 8.54. The molecule has 0 radical (unpaired) electrons. The highest BCUT2D eigenvalue weighted by atomic mass is 16.3. The largest absolute Gasteiger partial charge is 0.468 e. The molecule has 3 heterocycles. The van der Waals surface area contributed by atoms with E-state index in [1.54, 1.807) is 22.9 Å². The fourth-order valence-electron chi connectivity index (χ4n) is 3.05. The minimum absolute atomic E-state index is 0.0664. The standard InChI is InChI=1S/C21H19N3O2/c25-21-13-18(22-20-10-4-5-11-24(20)21)15-23(16-19-9-6-12-26-19)14-17-7-2-1-3-8-17/h1-13H,14-16H2. The lowest BCUT2D eigenvalue weighted by Gasteiger charge is -2.21. The van der Waals surface area contributed by atoms with Gasteiger partial charge in [0.1, 0.15) is 11.4 Å². The molecule has 0 fully saturated rings. The first-order valence-electron chi connectivity index (χ1n) is 8.54. The second-order valence-electron chi connectivity index (χ2n) is 6.22. The molecule has 4 rings (SSSR count). The van der Waals surface area contributed by atoms with Gasteiger partial charge in [-0.25, -0.2) is 4.98 Å². The first-order chi connectivity index (χ1) is 12.8. The molecule has 26 heavy (non-hydrogen) atoms. The van der Waals surface area contributed by atoms with Crippen LogP contribution in [0.1, 0.15) is 17.0 Å². The fraction of sp³-hybridized carbons (Fsp3) is 0.143. The first kappa shape index (κ1) is 16.3. The maximum Gasteiger partial charge on any atom is 0.258 e. The van der Waals surface area contributed by atoms with E-state index in [0.717, 1.165) is 18.0 Å². The van der Waals surface area contributed by atoms with Crippen molar-refractivity contribution >= 4 is 5.65 Å². The Labute approximate surface area is 151 Å². The molecule has 0 spiro atoms. The number of fused-ring (bicyclic) bond motifs is 1. The van der Waals surface area contributed by atoms with E-state index in [2.05, 4.69) is 22.0 Å². The zero-order chi connectivity index (χ0) is 17.8. The predicted molar refractivity (Wildman–Crippen MR) is 99.6 cm³/mol. The summed E-state index contributed by atoms with van der Waals surface area (Å²) in [5, 5.41) is 0. The molecule has 5 heteroatoms. The van der Waals surface area contributed by atoms with E-state index in [4.69, 9.17) is 4.42 Å². The van der Waals surface area contributed by atoms with Crippen molar-refractivity contribution in [2.75, 3.05) is 0 Å². The Hall–Kier alpha value is -3.18. The summed E-state index contributed by atoms with van der Waals surface area (Å²) in [6.45, 7) is 1.96. The van der Waals surface area contributed by atoms with Gasteiger partial charge in [0.15, 0.2) is 0 Å². The summed E-state index contributed by atoms with van der Waals surface area (Å²) in [7, 11) is 0. The third-order valence-electron chi connectivity index (χ3n) is 4.22. The molecule has 0 unspecified atom stereocenters. The van der Waals surface area contributed by atoms with Crippen LogP contribution in [0.25, 0.3) is 5.65 Å². The van der Waals surface area contributed by atoms with E-state index in [9.17, 15) is 4.79 Å². The summed E-state index contributed by atoms with van der Waals surface area (Å²) in [4.78, 5) is 19.2. The number of benzene rings is 1. The number of hydrogen-bond donors (Lipinski definition) is 0. The van der Waals surface area contributed by atoms with Crippen molar-refractivity contribution < 1.29 is 4.42 Å². The number of furan rings is 1. The van der Waals surface area contributed by atoms with Crippen molar-refractivity contribution in [1.82, 2.24) is 14.3 Å². The van der Waals surface area contributed by atoms with Crippen molar-refractivity contribution in [3.05, 3.63) is 107 Å². The van der Waals surface area contributed by atoms with E-state index < -0.39 is 0 Å². The summed E-state index contributed by atoms with van der Waals surface area (Å²) in [6, 6.07) is 21.3. The van der Waals surface area contributed by atoms with Crippen LogP contribution in [0.4, 0.5) is 0 Å². The Morgan fingerprint density at radius 2 is 1.77 bits per heavy atom. The van der Waals surface area contributed by atoms with Gasteiger partial charge in [-0.05, 0) is 29.8 Å². The van der Waals surface area contributed by atoms with Gasteiger partial charge >= 0.3 is 0 Å². The maximum absolute atomic E-state index is 12.3. The molecule has 4 aromatic rings. The summed E-state index contributed by atoms with van der Waals surface area (Å²) >= 11 is 0. The third-order valence-corrected chi connectivity index (χ3v) is 4.22. The zero-order valence-corrected chi connectivity index (χ0v) is 14.3. The average molecular weight is 345 g/mol. The lowest BCUT2D eigenvalue weighted by atomic mass is 10.2. The van der Waals surface area contributed by atoms with Gasteiger partial charge in [-0.15, -0.1) is 0 Å². The summed E-state index contributed by atoms with van der Waals surface area (Å²) in [6.07, 6.45) is 3.41. The van der Waals surface area contributed by atoms with Crippen LogP contribution in [0.5, 0.6) is 0 Å².